The Kier molecular flexibility index (Phi) is 4.67. The molecule has 0 saturated carbocycles. The molecular formula is C18H17BrN2O2. The highest BCUT2D eigenvalue weighted by Gasteiger charge is 2.09. The Balaban J connectivity index is 1.91. The number of nitrogens with zero attached hydrogens (tertiary/aromatic N) is 2. The van der Waals surface area contributed by atoms with Crippen molar-refractivity contribution < 1.29 is 9.47 Å². The summed E-state index contributed by atoms with van der Waals surface area (Å²) in [4.78, 5) is 4.49. The molecule has 2 aromatic carbocycles. The van der Waals surface area contributed by atoms with E-state index in [-0.39, 0.29) is 0 Å². The standard InChI is InChI=1S/C18H17BrN2O2/c1-22-16-7-6-13(10-17(16)23-2)12-21-9-8-20-18(21)14-4-3-5-15(19)11-14/h3-11H,12H2,1-2H3. The van der Waals surface area contributed by atoms with E-state index in [9.17, 15) is 0 Å². The van der Waals surface area contributed by atoms with Gasteiger partial charge in [0.15, 0.2) is 11.5 Å². The molecule has 1 aromatic heterocycles. The number of aromatic nitrogens is 2. The molecule has 3 aromatic rings. The van der Waals surface area contributed by atoms with Crippen molar-refractivity contribution >= 4 is 15.9 Å². The van der Waals surface area contributed by atoms with Gasteiger partial charge in [0.25, 0.3) is 0 Å². The number of halogens is 1. The lowest BCUT2D eigenvalue weighted by atomic mass is 10.1. The molecule has 1 heterocycles. The van der Waals surface area contributed by atoms with Crippen molar-refractivity contribution in [1.82, 2.24) is 9.55 Å². The lowest BCUT2D eigenvalue weighted by Gasteiger charge is -2.12. The van der Waals surface area contributed by atoms with E-state index in [0.717, 1.165) is 32.9 Å². The smallest absolute Gasteiger partial charge is 0.161 e. The zero-order valence-electron chi connectivity index (χ0n) is 13.0. The van der Waals surface area contributed by atoms with Crippen LogP contribution >= 0.6 is 15.9 Å². The average Bonchev–Trinajstić information content (AvgIpc) is 3.03. The number of methoxy groups -OCH3 is 2. The van der Waals surface area contributed by atoms with Gasteiger partial charge in [0.1, 0.15) is 5.82 Å². The number of hydrogen-bond acceptors (Lipinski definition) is 3. The first kappa shape index (κ1) is 15.6. The fraction of sp³-hybridized carbons (Fsp3) is 0.167. The van der Waals surface area contributed by atoms with Gasteiger partial charge in [-0.3, -0.25) is 0 Å². The Morgan fingerprint density at radius 3 is 2.61 bits per heavy atom. The first-order chi connectivity index (χ1) is 11.2. The van der Waals surface area contributed by atoms with Crippen molar-refractivity contribution in [3.05, 3.63) is 64.9 Å². The van der Waals surface area contributed by atoms with Gasteiger partial charge in [0.05, 0.1) is 14.2 Å². The number of hydrogen-bond donors (Lipinski definition) is 0. The van der Waals surface area contributed by atoms with Crippen molar-refractivity contribution in [3.8, 4) is 22.9 Å². The van der Waals surface area contributed by atoms with Crippen LogP contribution in [0.4, 0.5) is 0 Å². The van der Waals surface area contributed by atoms with Crippen LogP contribution in [0.25, 0.3) is 11.4 Å². The molecule has 4 nitrogen and oxygen atoms in total. The Morgan fingerprint density at radius 2 is 1.87 bits per heavy atom. The van der Waals surface area contributed by atoms with Gasteiger partial charge in [-0.2, -0.15) is 0 Å². The van der Waals surface area contributed by atoms with Crippen LogP contribution in [0.2, 0.25) is 0 Å². The Bertz CT molecular complexity index is 814. The number of rotatable bonds is 5. The second kappa shape index (κ2) is 6.87. The third-order valence-corrected chi connectivity index (χ3v) is 4.09. The molecule has 0 aliphatic heterocycles. The van der Waals surface area contributed by atoms with Crippen LogP contribution in [-0.4, -0.2) is 23.8 Å². The Hall–Kier alpha value is -2.27. The second-order valence-corrected chi connectivity index (χ2v) is 5.99. The molecule has 0 aliphatic carbocycles. The van der Waals surface area contributed by atoms with Crippen LogP contribution in [0.3, 0.4) is 0 Å². The summed E-state index contributed by atoms with van der Waals surface area (Å²) in [5.41, 5.74) is 2.20. The van der Waals surface area contributed by atoms with Gasteiger partial charge in [-0.05, 0) is 29.8 Å². The largest absolute Gasteiger partial charge is 0.493 e. The fourth-order valence-electron chi connectivity index (χ4n) is 2.50. The molecule has 118 valence electrons. The Labute approximate surface area is 143 Å². The number of benzene rings is 2. The van der Waals surface area contributed by atoms with Crippen molar-refractivity contribution in [2.24, 2.45) is 0 Å². The van der Waals surface area contributed by atoms with Crippen LogP contribution in [0.15, 0.2) is 59.3 Å². The summed E-state index contributed by atoms with van der Waals surface area (Å²) in [5, 5.41) is 0. The minimum absolute atomic E-state index is 0.711. The normalized spacial score (nSPS) is 10.6. The van der Waals surface area contributed by atoms with E-state index >= 15 is 0 Å². The van der Waals surface area contributed by atoms with Crippen LogP contribution < -0.4 is 9.47 Å². The summed E-state index contributed by atoms with van der Waals surface area (Å²) >= 11 is 3.51. The molecule has 0 atom stereocenters. The van der Waals surface area contributed by atoms with Crippen molar-refractivity contribution in [2.45, 2.75) is 6.54 Å². The molecule has 0 N–H and O–H groups in total. The molecular weight excluding hydrogens is 356 g/mol. The van der Waals surface area contributed by atoms with E-state index in [2.05, 4.69) is 37.6 Å². The lowest BCUT2D eigenvalue weighted by molar-refractivity contribution is 0.354. The first-order valence-electron chi connectivity index (χ1n) is 7.19. The highest BCUT2D eigenvalue weighted by molar-refractivity contribution is 9.10. The molecule has 0 unspecified atom stereocenters. The zero-order valence-corrected chi connectivity index (χ0v) is 14.6. The average molecular weight is 373 g/mol. The van der Waals surface area contributed by atoms with Crippen LogP contribution in [0.1, 0.15) is 5.56 Å². The van der Waals surface area contributed by atoms with E-state index in [1.54, 1.807) is 14.2 Å². The maximum absolute atomic E-state index is 5.37. The van der Waals surface area contributed by atoms with Crippen LogP contribution in [-0.2, 0) is 6.54 Å². The molecule has 0 fully saturated rings. The van der Waals surface area contributed by atoms with Gasteiger partial charge in [-0.15, -0.1) is 0 Å². The van der Waals surface area contributed by atoms with Crippen molar-refractivity contribution in [1.29, 1.82) is 0 Å². The molecule has 0 amide bonds. The topological polar surface area (TPSA) is 36.3 Å². The highest BCUT2D eigenvalue weighted by atomic mass is 79.9. The van der Waals surface area contributed by atoms with Crippen LogP contribution in [0, 0.1) is 0 Å². The van der Waals surface area contributed by atoms with Gasteiger partial charge in [-0.1, -0.05) is 34.1 Å². The van der Waals surface area contributed by atoms with Gasteiger partial charge in [0, 0.05) is 29.0 Å². The number of ether oxygens (including phenoxy) is 2. The van der Waals surface area contributed by atoms with E-state index in [1.165, 1.54) is 0 Å². The predicted molar refractivity (Wildman–Crippen MR) is 94.0 cm³/mol. The molecule has 0 saturated heterocycles. The van der Waals surface area contributed by atoms with Crippen molar-refractivity contribution in [3.63, 3.8) is 0 Å². The first-order valence-corrected chi connectivity index (χ1v) is 7.98. The monoisotopic (exact) mass is 372 g/mol. The van der Waals surface area contributed by atoms with Gasteiger partial charge >= 0.3 is 0 Å². The maximum Gasteiger partial charge on any atom is 0.161 e. The fourth-order valence-corrected chi connectivity index (χ4v) is 2.90. The molecule has 5 heteroatoms. The highest BCUT2D eigenvalue weighted by Crippen LogP contribution is 2.29. The summed E-state index contributed by atoms with van der Waals surface area (Å²) in [7, 11) is 3.28. The van der Waals surface area contributed by atoms with Gasteiger partial charge < -0.3 is 14.0 Å². The molecule has 0 aliphatic rings. The number of imidazole rings is 1. The molecule has 0 spiro atoms. The van der Waals surface area contributed by atoms with Gasteiger partial charge in [-0.25, -0.2) is 4.98 Å². The zero-order chi connectivity index (χ0) is 16.2. The summed E-state index contributed by atoms with van der Waals surface area (Å²) in [6.45, 7) is 0.711. The summed E-state index contributed by atoms with van der Waals surface area (Å²) in [5.74, 6) is 2.39. The maximum atomic E-state index is 5.37. The predicted octanol–water partition coefficient (Wildman–Crippen LogP) is 4.38. The molecule has 3 rings (SSSR count). The van der Waals surface area contributed by atoms with E-state index in [0.29, 0.717) is 6.54 Å². The van der Waals surface area contributed by atoms with Crippen LogP contribution in [0.5, 0.6) is 11.5 Å². The molecule has 23 heavy (non-hydrogen) atoms. The third-order valence-electron chi connectivity index (χ3n) is 3.60. The van der Waals surface area contributed by atoms with E-state index < -0.39 is 0 Å². The quantitative estimate of drug-likeness (QED) is 0.666. The summed E-state index contributed by atoms with van der Waals surface area (Å²) < 4.78 is 13.8. The molecule has 0 bridgehead atoms. The van der Waals surface area contributed by atoms with Gasteiger partial charge in [0.2, 0.25) is 0 Å². The summed E-state index contributed by atoms with van der Waals surface area (Å²) in [6, 6.07) is 14.1. The van der Waals surface area contributed by atoms with Crippen molar-refractivity contribution in [2.75, 3.05) is 14.2 Å². The minimum atomic E-state index is 0.711. The molecule has 0 radical (unpaired) electrons. The summed E-state index contributed by atoms with van der Waals surface area (Å²) in [6.07, 6.45) is 3.80. The SMILES string of the molecule is COc1ccc(Cn2ccnc2-c2cccc(Br)c2)cc1OC. The van der Waals surface area contributed by atoms with E-state index in [1.807, 2.05) is 42.7 Å². The van der Waals surface area contributed by atoms with E-state index in [4.69, 9.17) is 9.47 Å². The minimum Gasteiger partial charge on any atom is -0.493 e. The lowest BCUT2D eigenvalue weighted by Crippen LogP contribution is -2.02. The third kappa shape index (κ3) is 3.40. The Morgan fingerprint density at radius 1 is 1.04 bits per heavy atom. The second-order valence-electron chi connectivity index (χ2n) is 5.08.